The molecule has 1 amide bonds. The smallest absolute Gasteiger partial charge is 0.305 e. The molecule has 1 N–H and O–H groups in total. The largest absolute Gasteiger partial charge is 0.497 e. The average molecular weight is 309 g/mol. The van der Waals surface area contributed by atoms with Crippen LogP contribution >= 0.6 is 0 Å². The Bertz CT molecular complexity index is 527. The molecule has 122 valence electrons. The highest BCUT2D eigenvalue weighted by atomic mass is 16.5. The number of carbonyl (C=O) groups excluding carboxylic acids is 1. The maximum Gasteiger partial charge on any atom is 0.305 e. The quantitative estimate of drug-likeness (QED) is 0.794. The number of hydrogen-bond donors (Lipinski definition) is 1. The molecule has 0 saturated heterocycles. The summed E-state index contributed by atoms with van der Waals surface area (Å²) in [5.74, 6) is 0.196. The number of nitrogens with zero attached hydrogens (tertiary/aromatic N) is 1. The maximum atomic E-state index is 12.5. The Kier molecular flexibility index (Phi) is 6.69. The van der Waals surface area contributed by atoms with E-state index in [1.54, 1.807) is 37.3 Å². The molecule has 6 nitrogen and oxygen atoms in total. The number of carboxylic acids is 1. The molecule has 0 aliphatic rings. The average Bonchev–Trinajstić information content (AvgIpc) is 2.46. The number of carboxylic acid groups (broad SMARTS) is 1. The van der Waals surface area contributed by atoms with E-state index in [9.17, 15) is 9.59 Å². The molecule has 0 aliphatic heterocycles. The van der Waals surface area contributed by atoms with E-state index in [0.29, 0.717) is 17.1 Å². The summed E-state index contributed by atoms with van der Waals surface area (Å²) < 4.78 is 10.4. The zero-order valence-electron chi connectivity index (χ0n) is 13.5. The molecule has 0 bridgehead atoms. The summed E-state index contributed by atoms with van der Waals surface area (Å²) in [4.78, 5) is 24.8. The number of carbonyl (C=O) groups is 2. The molecule has 1 rings (SSSR count). The Morgan fingerprint density at radius 1 is 1.23 bits per heavy atom. The lowest BCUT2D eigenvalue weighted by molar-refractivity contribution is -0.139. The fraction of sp³-hybridized carbons (Fsp3) is 0.500. The van der Waals surface area contributed by atoms with E-state index in [0.717, 1.165) is 0 Å². The summed E-state index contributed by atoms with van der Waals surface area (Å²) in [6.07, 6.45) is 0.0668. The van der Waals surface area contributed by atoms with Crippen LogP contribution in [-0.2, 0) is 16.0 Å². The minimum atomic E-state index is -0.919. The van der Waals surface area contributed by atoms with E-state index in [4.69, 9.17) is 14.6 Å². The van der Waals surface area contributed by atoms with Crippen LogP contribution < -0.4 is 9.47 Å². The van der Waals surface area contributed by atoms with Gasteiger partial charge in [-0.3, -0.25) is 9.59 Å². The summed E-state index contributed by atoms with van der Waals surface area (Å²) in [6.45, 7) is 3.92. The first kappa shape index (κ1) is 17.8. The van der Waals surface area contributed by atoms with E-state index >= 15 is 0 Å². The fourth-order valence-electron chi connectivity index (χ4n) is 2.17. The van der Waals surface area contributed by atoms with Gasteiger partial charge < -0.3 is 19.5 Å². The first-order valence-electron chi connectivity index (χ1n) is 7.11. The van der Waals surface area contributed by atoms with Gasteiger partial charge in [-0.2, -0.15) is 0 Å². The van der Waals surface area contributed by atoms with Crippen molar-refractivity contribution in [3.8, 4) is 11.5 Å². The topological polar surface area (TPSA) is 76.1 Å². The standard InChI is InChI=1S/C16H23NO5/c1-11(2)17(8-7-16(19)20)15(18)10-12-9-13(21-3)5-6-14(12)22-4/h5-6,9,11H,7-8,10H2,1-4H3,(H,19,20). The van der Waals surface area contributed by atoms with Crippen molar-refractivity contribution in [2.75, 3.05) is 20.8 Å². The molecule has 0 spiro atoms. The van der Waals surface area contributed by atoms with Gasteiger partial charge in [0.25, 0.3) is 0 Å². The number of ether oxygens (including phenoxy) is 2. The molecule has 0 aliphatic carbocycles. The van der Waals surface area contributed by atoms with Gasteiger partial charge in [-0.05, 0) is 32.0 Å². The summed E-state index contributed by atoms with van der Waals surface area (Å²) >= 11 is 0. The summed E-state index contributed by atoms with van der Waals surface area (Å²) in [6, 6.07) is 5.20. The molecule has 1 aromatic rings. The molecule has 0 heterocycles. The third-order valence-corrected chi connectivity index (χ3v) is 3.34. The van der Waals surface area contributed by atoms with Gasteiger partial charge >= 0.3 is 5.97 Å². The van der Waals surface area contributed by atoms with E-state index in [1.807, 2.05) is 13.8 Å². The van der Waals surface area contributed by atoms with Crippen molar-refractivity contribution < 1.29 is 24.2 Å². The number of benzene rings is 1. The van der Waals surface area contributed by atoms with Crippen molar-refractivity contribution >= 4 is 11.9 Å². The van der Waals surface area contributed by atoms with E-state index in [2.05, 4.69) is 0 Å². The molecular formula is C16H23NO5. The first-order chi connectivity index (χ1) is 10.4. The van der Waals surface area contributed by atoms with Crippen LogP contribution in [0.15, 0.2) is 18.2 Å². The molecule has 0 aromatic heterocycles. The SMILES string of the molecule is COc1ccc(OC)c(CC(=O)N(CCC(=O)O)C(C)C)c1. The highest BCUT2D eigenvalue weighted by molar-refractivity contribution is 5.80. The van der Waals surface area contributed by atoms with Crippen molar-refractivity contribution in [1.29, 1.82) is 0 Å². The molecule has 0 fully saturated rings. The van der Waals surface area contributed by atoms with E-state index in [-0.39, 0.29) is 31.3 Å². The van der Waals surface area contributed by atoms with Gasteiger partial charge in [0.2, 0.25) is 5.91 Å². The Hall–Kier alpha value is -2.24. The summed E-state index contributed by atoms with van der Waals surface area (Å²) in [5, 5.41) is 8.79. The van der Waals surface area contributed by atoms with Crippen molar-refractivity contribution in [2.45, 2.75) is 32.7 Å². The van der Waals surface area contributed by atoms with Crippen molar-refractivity contribution in [3.05, 3.63) is 23.8 Å². The van der Waals surface area contributed by atoms with Gasteiger partial charge in [0.05, 0.1) is 27.1 Å². The minimum Gasteiger partial charge on any atom is -0.497 e. The predicted molar refractivity (Wildman–Crippen MR) is 82.4 cm³/mol. The second-order valence-electron chi connectivity index (χ2n) is 5.18. The lowest BCUT2D eigenvalue weighted by atomic mass is 10.1. The van der Waals surface area contributed by atoms with Crippen LogP contribution in [0.5, 0.6) is 11.5 Å². The van der Waals surface area contributed by atoms with Crippen LogP contribution in [0, 0.1) is 0 Å². The summed E-state index contributed by atoms with van der Waals surface area (Å²) in [5.41, 5.74) is 0.716. The maximum absolute atomic E-state index is 12.5. The normalized spacial score (nSPS) is 10.4. The van der Waals surface area contributed by atoms with Gasteiger partial charge in [0.15, 0.2) is 0 Å². The van der Waals surface area contributed by atoms with Crippen LogP contribution in [0.3, 0.4) is 0 Å². The van der Waals surface area contributed by atoms with Crippen molar-refractivity contribution in [3.63, 3.8) is 0 Å². The molecule has 22 heavy (non-hydrogen) atoms. The Balaban J connectivity index is 2.90. The summed E-state index contributed by atoms with van der Waals surface area (Å²) in [7, 11) is 3.10. The van der Waals surface area contributed by atoms with Crippen LogP contribution in [0.25, 0.3) is 0 Å². The van der Waals surface area contributed by atoms with Gasteiger partial charge in [0.1, 0.15) is 11.5 Å². The lowest BCUT2D eigenvalue weighted by Crippen LogP contribution is -2.39. The molecule has 6 heteroatoms. The zero-order chi connectivity index (χ0) is 16.7. The van der Waals surface area contributed by atoms with Gasteiger partial charge in [-0.25, -0.2) is 0 Å². The Labute approximate surface area is 130 Å². The number of aliphatic carboxylic acids is 1. The van der Waals surface area contributed by atoms with Crippen LogP contribution in [0.4, 0.5) is 0 Å². The third-order valence-electron chi connectivity index (χ3n) is 3.34. The zero-order valence-corrected chi connectivity index (χ0v) is 13.5. The van der Waals surface area contributed by atoms with E-state index in [1.165, 1.54) is 0 Å². The molecule has 0 atom stereocenters. The monoisotopic (exact) mass is 309 g/mol. The van der Waals surface area contributed by atoms with Crippen LogP contribution in [-0.4, -0.2) is 48.7 Å². The molecule has 0 radical (unpaired) electrons. The first-order valence-corrected chi connectivity index (χ1v) is 7.11. The molecule has 0 unspecified atom stereocenters. The third kappa shape index (κ3) is 4.95. The number of methoxy groups -OCH3 is 2. The Morgan fingerprint density at radius 2 is 1.91 bits per heavy atom. The highest BCUT2D eigenvalue weighted by Gasteiger charge is 2.20. The van der Waals surface area contributed by atoms with Gasteiger partial charge in [-0.1, -0.05) is 0 Å². The second-order valence-corrected chi connectivity index (χ2v) is 5.18. The molecular weight excluding hydrogens is 286 g/mol. The predicted octanol–water partition coefficient (Wildman–Crippen LogP) is 1.96. The van der Waals surface area contributed by atoms with Gasteiger partial charge in [0, 0.05) is 18.2 Å². The minimum absolute atomic E-state index is 0.0662. The number of rotatable bonds is 8. The Morgan fingerprint density at radius 3 is 2.41 bits per heavy atom. The highest BCUT2D eigenvalue weighted by Crippen LogP contribution is 2.25. The lowest BCUT2D eigenvalue weighted by Gasteiger charge is -2.26. The van der Waals surface area contributed by atoms with Crippen LogP contribution in [0.2, 0.25) is 0 Å². The molecule has 1 aromatic carbocycles. The van der Waals surface area contributed by atoms with Gasteiger partial charge in [-0.15, -0.1) is 0 Å². The van der Waals surface area contributed by atoms with Crippen molar-refractivity contribution in [1.82, 2.24) is 4.90 Å². The fourth-order valence-corrected chi connectivity index (χ4v) is 2.17. The second kappa shape index (κ2) is 8.26. The number of amides is 1. The van der Waals surface area contributed by atoms with Crippen LogP contribution in [0.1, 0.15) is 25.8 Å². The van der Waals surface area contributed by atoms with E-state index < -0.39 is 5.97 Å². The van der Waals surface area contributed by atoms with Crippen molar-refractivity contribution in [2.24, 2.45) is 0 Å². The number of hydrogen-bond acceptors (Lipinski definition) is 4. The molecule has 0 saturated carbocycles.